The summed E-state index contributed by atoms with van der Waals surface area (Å²) in [4.78, 5) is 26.6. The van der Waals surface area contributed by atoms with Crippen molar-refractivity contribution in [2.75, 3.05) is 28.4 Å². The highest BCUT2D eigenvalue weighted by molar-refractivity contribution is 6.20. The van der Waals surface area contributed by atoms with Crippen LogP contribution in [0.5, 0.6) is 34.5 Å². The minimum atomic E-state index is -0.839. The number of hydrogen-bond acceptors (Lipinski definition) is 11. The topological polar surface area (TPSA) is 158 Å². The Labute approximate surface area is 255 Å². The van der Waals surface area contributed by atoms with E-state index in [0.29, 0.717) is 22.3 Å². The van der Waals surface area contributed by atoms with Crippen LogP contribution in [0.3, 0.4) is 0 Å². The monoisotopic (exact) mass is 614 g/mol. The van der Waals surface area contributed by atoms with E-state index in [1.165, 1.54) is 40.6 Å². The molecule has 45 heavy (non-hydrogen) atoms. The first-order valence-electron chi connectivity index (χ1n) is 13.9. The first kappa shape index (κ1) is 29.6. The molecule has 0 spiro atoms. The highest BCUT2D eigenvalue weighted by Crippen LogP contribution is 2.54. The molecule has 1 atom stereocenters. The summed E-state index contributed by atoms with van der Waals surface area (Å²) in [5.74, 6) is 0.666. The molecule has 6 aromatic rings. The summed E-state index contributed by atoms with van der Waals surface area (Å²) in [6, 6.07) is 8.93. The molecule has 1 unspecified atom stereocenters. The average Bonchev–Trinajstić information content (AvgIpc) is 2.99. The first-order chi connectivity index (χ1) is 21.5. The number of hydrogen-bond donors (Lipinski definition) is 3. The van der Waals surface area contributed by atoms with Crippen LogP contribution < -0.4 is 29.8 Å². The van der Waals surface area contributed by atoms with Crippen LogP contribution in [0.15, 0.2) is 54.8 Å². The van der Waals surface area contributed by atoms with Gasteiger partial charge in [0.25, 0.3) is 0 Å². The van der Waals surface area contributed by atoms with Crippen LogP contribution in [-0.4, -0.2) is 49.9 Å². The van der Waals surface area contributed by atoms with Crippen LogP contribution in [0.1, 0.15) is 18.4 Å². The Hall–Kier alpha value is -5.42. The van der Waals surface area contributed by atoms with Crippen molar-refractivity contribution in [3.05, 3.63) is 68.4 Å². The van der Waals surface area contributed by atoms with Crippen LogP contribution >= 0.6 is 0 Å². The molecule has 11 heteroatoms. The molecule has 0 saturated heterocycles. The van der Waals surface area contributed by atoms with E-state index >= 15 is 0 Å². The second-order valence-electron chi connectivity index (χ2n) is 10.7. The lowest BCUT2D eigenvalue weighted by Gasteiger charge is -2.21. The van der Waals surface area contributed by atoms with E-state index in [2.05, 4.69) is 0 Å². The van der Waals surface area contributed by atoms with Gasteiger partial charge in [-0.1, -0.05) is 0 Å². The van der Waals surface area contributed by atoms with E-state index in [1.807, 2.05) is 0 Å². The summed E-state index contributed by atoms with van der Waals surface area (Å²) >= 11 is 0. The molecule has 6 rings (SSSR count). The quantitative estimate of drug-likeness (QED) is 0.194. The number of fused-ring (bicyclic) bond motifs is 4. The number of aryl methyl sites for hydroxylation is 1. The third-order valence-electron chi connectivity index (χ3n) is 7.80. The van der Waals surface area contributed by atoms with Crippen molar-refractivity contribution >= 4 is 43.5 Å². The Kier molecular flexibility index (Phi) is 7.20. The minimum Gasteiger partial charge on any atom is -0.506 e. The van der Waals surface area contributed by atoms with E-state index in [9.17, 15) is 24.9 Å². The van der Waals surface area contributed by atoms with Gasteiger partial charge in [-0.15, -0.1) is 0 Å². The Morgan fingerprint density at radius 2 is 1.42 bits per heavy atom. The number of aromatic hydroxyl groups is 2. The molecule has 0 radical (unpaired) electrons. The largest absolute Gasteiger partial charge is 0.506 e. The van der Waals surface area contributed by atoms with E-state index in [-0.39, 0.29) is 84.8 Å². The van der Waals surface area contributed by atoms with Gasteiger partial charge in [-0.05, 0) is 37.4 Å². The Morgan fingerprint density at radius 3 is 2.07 bits per heavy atom. The van der Waals surface area contributed by atoms with Gasteiger partial charge >= 0.3 is 0 Å². The maximum Gasteiger partial charge on any atom is 0.196 e. The standard InChI is InChI=1S/C34H30O11/c1-14(35)7-18-12-21(37)29-32(39)26-19(11-17(40-3)13-23(26)42-5)27(34(29)45-18)30-22(41-4)9-16-10-24-28(20(36)8-15(2)44-24)31(38)25(16)33(30)43-6/h8-14,35,38-39H,7H2,1-6H3. The highest BCUT2D eigenvalue weighted by Gasteiger charge is 2.30. The number of aliphatic hydroxyl groups excluding tert-OH is 1. The van der Waals surface area contributed by atoms with Gasteiger partial charge in [0.05, 0.1) is 50.9 Å². The number of rotatable bonds is 7. The van der Waals surface area contributed by atoms with Gasteiger partial charge in [0.15, 0.2) is 16.4 Å². The molecule has 0 aliphatic heterocycles. The minimum absolute atomic E-state index is 0.0127. The maximum atomic E-state index is 13.6. The summed E-state index contributed by atoms with van der Waals surface area (Å²) < 4.78 is 35.1. The Morgan fingerprint density at radius 1 is 0.733 bits per heavy atom. The van der Waals surface area contributed by atoms with Gasteiger partial charge in [-0.25, -0.2) is 0 Å². The lowest BCUT2D eigenvalue weighted by molar-refractivity contribution is 0.187. The molecule has 0 aliphatic rings. The van der Waals surface area contributed by atoms with Crippen molar-refractivity contribution in [3.63, 3.8) is 0 Å². The van der Waals surface area contributed by atoms with Crippen molar-refractivity contribution in [1.29, 1.82) is 0 Å². The molecule has 0 fully saturated rings. The second kappa shape index (κ2) is 10.9. The lowest BCUT2D eigenvalue weighted by atomic mass is 9.90. The third-order valence-corrected chi connectivity index (χ3v) is 7.80. The predicted molar refractivity (Wildman–Crippen MR) is 169 cm³/mol. The van der Waals surface area contributed by atoms with Gasteiger partial charge in [-0.3, -0.25) is 9.59 Å². The Balaban J connectivity index is 1.93. The predicted octanol–water partition coefficient (Wildman–Crippen LogP) is 5.55. The zero-order valence-corrected chi connectivity index (χ0v) is 25.4. The average molecular weight is 615 g/mol. The molecule has 0 amide bonds. The molecular weight excluding hydrogens is 584 g/mol. The summed E-state index contributed by atoms with van der Waals surface area (Å²) in [5.41, 5.74) is -0.398. The van der Waals surface area contributed by atoms with Crippen molar-refractivity contribution in [3.8, 4) is 45.6 Å². The van der Waals surface area contributed by atoms with E-state index in [0.717, 1.165) is 0 Å². The van der Waals surface area contributed by atoms with Gasteiger partial charge in [0, 0.05) is 35.6 Å². The molecule has 0 aliphatic carbocycles. The fourth-order valence-corrected chi connectivity index (χ4v) is 5.99. The smallest absolute Gasteiger partial charge is 0.196 e. The molecule has 232 valence electrons. The number of phenols is 2. The summed E-state index contributed by atoms with van der Waals surface area (Å²) in [5, 5.41) is 34.2. The molecule has 0 bridgehead atoms. The van der Waals surface area contributed by atoms with Gasteiger partial charge in [0.1, 0.15) is 62.4 Å². The van der Waals surface area contributed by atoms with Gasteiger partial charge in [-0.2, -0.15) is 0 Å². The van der Waals surface area contributed by atoms with Crippen LogP contribution in [0.4, 0.5) is 0 Å². The van der Waals surface area contributed by atoms with Crippen LogP contribution in [-0.2, 0) is 6.42 Å². The lowest BCUT2D eigenvalue weighted by Crippen LogP contribution is -2.10. The molecule has 11 nitrogen and oxygen atoms in total. The van der Waals surface area contributed by atoms with E-state index in [1.54, 1.807) is 38.1 Å². The molecule has 0 saturated carbocycles. The van der Waals surface area contributed by atoms with Crippen molar-refractivity contribution in [2.24, 2.45) is 0 Å². The first-order valence-corrected chi connectivity index (χ1v) is 13.9. The maximum absolute atomic E-state index is 13.6. The zero-order valence-electron chi connectivity index (χ0n) is 25.4. The summed E-state index contributed by atoms with van der Waals surface area (Å²) in [7, 11) is 5.71. The van der Waals surface area contributed by atoms with Gasteiger partial charge in [0.2, 0.25) is 0 Å². The normalized spacial score (nSPS) is 12.2. The van der Waals surface area contributed by atoms with Crippen molar-refractivity contribution in [2.45, 2.75) is 26.4 Å². The summed E-state index contributed by atoms with van der Waals surface area (Å²) in [6.07, 6.45) is -0.827. The molecular formula is C34H30O11. The Bertz CT molecular complexity index is 2290. The van der Waals surface area contributed by atoms with Crippen molar-refractivity contribution in [1.82, 2.24) is 0 Å². The van der Waals surface area contributed by atoms with Crippen LogP contribution in [0, 0.1) is 6.92 Å². The molecule has 2 aromatic heterocycles. The fourth-order valence-electron chi connectivity index (χ4n) is 5.99. The second-order valence-corrected chi connectivity index (χ2v) is 10.7. The number of benzene rings is 4. The molecule has 4 aromatic carbocycles. The number of ether oxygens (including phenoxy) is 4. The zero-order chi connectivity index (χ0) is 32.3. The number of methoxy groups -OCH3 is 4. The molecule has 2 heterocycles. The van der Waals surface area contributed by atoms with Gasteiger partial charge < -0.3 is 43.1 Å². The summed E-state index contributed by atoms with van der Waals surface area (Å²) in [6.45, 7) is 3.19. The van der Waals surface area contributed by atoms with E-state index < -0.39 is 17.0 Å². The third kappa shape index (κ3) is 4.54. The number of aliphatic hydroxyl groups is 1. The van der Waals surface area contributed by atoms with Crippen LogP contribution in [0.25, 0.3) is 54.6 Å². The van der Waals surface area contributed by atoms with Crippen LogP contribution in [0.2, 0.25) is 0 Å². The highest BCUT2D eigenvalue weighted by atomic mass is 16.5. The SMILES string of the molecule is COc1cc(OC)c2c(O)c3c(=O)cc(CC(C)O)oc3c(-c3c(OC)cc4cc5oc(C)cc(=O)c5c(O)c4c3OC)c2c1. The van der Waals surface area contributed by atoms with Crippen molar-refractivity contribution < 1.29 is 43.1 Å². The molecule has 3 N–H and O–H groups in total. The fraction of sp³-hybridized carbons (Fsp3) is 0.235. The van der Waals surface area contributed by atoms with E-state index in [4.69, 9.17) is 27.8 Å². The number of phenolic OH excluding ortho intramolecular Hbond substituents is 2.